The summed E-state index contributed by atoms with van der Waals surface area (Å²) < 4.78 is 12.8. The number of fused-ring (bicyclic) bond motifs is 10. The molecule has 6 heterocycles. The van der Waals surface area contributed by atoms with Crippen LogP contribution in [0.15, 0.2) is 410 Å². The van der Waals surface area contributed by atoms with Gasteiger partial charge < -0.3 is 8.83 Å². The third-order valence-electron chi connectivity index (χ3n) is 21.8. The van der Waals surface area contributed by atoms with Crippen molar-refractivity contribution >= 4 is 65.7 Å². The molecule has 552 valence electrons. The molecule has 22 aromatic rings. The average Bonchev–Trinajstić information content (AvgIpc) is 1.62. The number of rotatable bonds is 14. The van der Waals surface area contributed by atoms with Gasteiger partial charge in [-0.3, -0.25) is 0 Å². The molecule has 0 aliphatic heterocycles. The van der Waals surface area contributed by atoms with E-state index in [0.29, 0.717) is 40.5 Å². The minimum atomic E-state index is 0.628. The lowest BCUT2D eigenvalue weighted by molar-refractivity contribution is 0.667. The maximum absolute atomic E-state index is 6.44. The van der Waals surface area contributed by atoms with Crippen molar-refractivity contribution in [3.8, 4) is 157 Å². The van der Waals surface area contributed by atoms with Crippen LogP contribution in [0.3, 0.4) is 0 Å². The molecular formula is C106H66N10O2. The predicted octanol–water partition coefficient (Wildman–Crippen LogP) is 26.8. The van der Waals surface area contributed by atoms with Crippen LogP contribution in [0.4, 0.5) is 0 Å². The van der Waals surface area contributed by atoms with Crippen LogP contribution in [-0.4, -0.2) is 49.8 Å². The molecule has 0 unspecified atom stereocenters. The largest absolute Gasteiger partial charge is 0.455 e. The molecule has 0 aliphatic rings. The number of furan rings is 2. The van der Waals surface area contributed by atoms with Crippen molar-refractivity contribution in [1.82, 2.24) is 49.8 Å². The zero-order valence-electron chi connectivity index (χ0n) is 63.4. The minimum Gasteiger partial charge on any atom is -0.455 e. The second kappa shape index (κ2) is 30.4. The van der Waals surface area contributed by atoms with Gasteiger partial charge in [-0.2, -0.15) is 0 Å². The van der Waals surface area contributed by atoms with Gasteiger partial charge in [0.25, 0.3) is 0 Å². The van der Waals surface area contributed by atoms with Gasteiger partial charge in [0.1, 0.15) is 40.6 Å². The van der Waals surface area contributed by atoms with E-state index >= 15 is 0 Å². The Hall–Kier alpha value is -16.2. The van der Waals surface area contributed by atoms with E-state index in [0.717, 1.165) is 171 Å². The van der Waals surface area contributed by atoms with Crippen LogP contribution < -0.4 is 0 Å². The van der Waals surface area contributed by atoms with Gasteiger partial charge in [0.15, 0.2) is 40.5 Å². The van der Waals surface area contributed by atoms with Crippen molar-refractivity contribution in [1.29, 1.82) is 0 Å². The van der Waals surface area contributed by atoms with Gasteiger partial charge in [-0.25, -0.2) is 49.8 Å². The van der Waals surface area contributed by atoms with Gasteiger partial charge in [0.05, 0.1) is 16.3 Å². The predicted molar refractivity (Wildman–Crippen MR) is 477 cm³/mol. The number of hydrogen-bond donors (Lipinski definition) is 0. The first kappa shape index (κ1) is 69.7. The number of aromatic nitrogens is 10. The maximum atomic E-state index is 6.44. The molecule has 12 heteroatoms. The summed E-state index contributed by atoms with van der Waals surface area (Å²) >= 11 is 0. The van der Waals surface area contributed by atoms with Crippen LogP contribution in [0.1, 0.15) is 0 Å². The van der Waals surface area contributed by atoms with Gasteiger partial charge in [-0.1, -0.05) is 364 Å². The van der Waals surface area contributed by atoms with Crippen molar-refractivity contribution < 1.29 is 8.83 Å². The summed E-state index contributed by atoms with van der Waals surface area (Å²) in [5, 5.41) is 6.35. The fourth-order valence-corrected chi connectivity index (χ4v) is 15.7. The Morgan fingerprint density at radius 1 is 0.195 bits per heavy atom. The molecule has 12 nitrogen and oxygen atoms in total. The summed E-state index contributed by atoms with van der Waals surface area (Å²) in [6.07, 6.45) is 5.09. The molecule has 0 atom stereocenters. The van der Waals surface area contributed by atoms with E-state index in [2.05, 4.69) is 293 Å². The lowest BCUT2D eigenvalue weighted by Gasteiger charge is -2.10. The normalized spacial score (nSPS) is 11.4. The number of para-hydroxylation sites is 1. The third-order valence-corrected chi connectivity index (χ3v) is 21.8. The van der Waals surface area contributed by atoms with Crippen molar-refractivity contribution in [2.75, 3.05) is 0 Å². The Balaban J connectivity index is 0.000000147. The van der Waals surface area contributed by atoms with E-state index in [1.165, 1.54) is 11.1 Å². The lowest BCUT2D eigenvalue weighted by atomic mass is 9.96. The van der Waals surface area contributed by atoms with Crippen molar-refractivity contribution in [2.24, 2.45) is 0 Å². The molecule has 0 saturated heterocycles. The van der Waals surface area contributed by atoms with Crippen LogP contribution in [0.5, 0.6) is 0 Å². The Kier molecular flexibility index (Phi) is 18.0. The van der Waals surface area contributed by atoms with Crippen LogP contribution in [-0.2, 0) is 0 Å². The van der Waals surface area contributed by atoms with Gasteiger partial charge in [0, 0.05) is 61.5 Å². The SMILES string of the molecule is c1ccc(-c2ccc(-c3nc(-c4ccccc4)nc(-c4ccc(-c5ccc(-c6ccc(-c7cc8cncnc8c8c7oc7ccccc78)cc6)cc5)cc4)n3)cc2)cc1.c1ccc(-c2ccc(-c3nc(-c4ccccc4)nc(-c4ccc(-c5ccc(-c6ccc(-c7ncnc8c7oc7ccc9ccccc9c78)cc6)cc5)cc4)n3)cc2)cc1. The standard InChI is InChI=1S/2C53H33N5O/c1-3-9-34(10-4-1)35-21-27-43(28-22-35)52-56-51(42-12-5-2-6-13-42)57-53(58-52)44-29-23-39(24-30-44)37-17-15-36(16-18-37)38-19-25-41(26-20-38)48-50-49(55-33-54-48)47-45-14-8-7-11-40(45)31-32-46(47)59-50;1-3-9-34(10-4-1)35-21-27-42(28-22-35)52-56-51(41-11-5-2-6-12-41)57-53(58-52)43-29-23-39(24-30-43)37-17-15-36(16-18-37)38-19-25-40(26-20-38)46-31-44-32-54-33-55-49(44)48-45-13-7-8-14-47(45)59-50(46)48/h2*1-33H. The molecule has 118 heavy (non-hydrogen) atoms. The molecule has 22 rings (SSSR count). The molecule has 0 fully saturated rings. The third kappa shape index (κ3) is 13.6. The highest BCUT2D eigenvalue weighted by Gasteiger charge is 2.22. The van der Waals surface area contributed by atoms with E-state index in [9.17, 15) is 0 Å². The van der Waals surface area contributed by atoms with Crippen molar-refractivity contribution in [3.05, 3.63) is 401 Å². The first-order chi connectivity index (χ1) is 58.4. The molecule has 0 spiro atoms. The van der Waals surface area contributed by atoms with E-state index in [1.807, 2.05) is 115 Å². The highest BCUT2D eigenvalue weighted by atomic mass is 16.3. The summed E-state index contributed by atoms with van der Waals surface area (Å²) in [4.78, 5) is 47.9. The summed E-state index contributed by atoms with van der Waals surface area (Å²) in [6.45, 7) is 0. The fraction of sp³-hybridized carbons (Fsp3) is 0. The second-order valence-electron chi connectivity index (χ2n) is 29.0. The highest BCUT2D eigenvalue weighted by molar-refractivity contribution is 6.21. The van der Waals surface area contributed by atoms with Crippen molar-refractivity contribution in [2.45, 2.75) is 0 Å². The summed E-state index contributed by atoms with van der Waals surface area (Å²) in [7, 11) is 0. The first-order valence-corrected chi connectivity index (χ1v) is 39.1. The zero-order chi connectivity index (χ0) is 78.2. The average molecular weight is 1510 g/mol. The molecule has 0 radical (unpaired) electrons. The molecule has 0 amide bonds. The van der Waals surface area contributed by atoms with E-state index < -0.39 is 0 Å². The molecule has 6 aromatic heterocycles. The Morgan fingerprint density at radius 2 is 0.508 bits per heavy atom. The minimum absolute atomic E-state index is 0.628. The van der Waals surface area contributed by atoms with Gasteiger partial charge >= 0.3 is 0 Å². The van der Waals surface area contributed by atoms with Crippen LogP contribution in [0, 0.1) is 0 Å². The Morgan fingerprint density at radius 3 is 0.924 bits per heavy atom. The van der Waals surface area contributed by atoms with Gasteiger partial charge in [0.2, 0.25) is 0 Å². The van der Waals surface area contributed by atoms with Crippen LogP contribution >= 0.6 is 0 Å². The quantitative estimate of drug-likeness (QED) is 0.102. The van der Waals surface area contributed by atoms with E-state index in [4.69, 9.17) is 38.7 Å². The Labute approximate surface area is 678 Å². The van der Waals surface area contributed by atoms with Gasteiger partial charge in [-0.05, 0) is 101 Å². The number of hydrogen-bond acceptors (Lipinski definition) is 12. The monoisotopic (exact) mass is 1510 g/mol. The second-order valence-corrected chi connectivity index (χ2v) is 29.0. The van der Waals surface area contributed by atoms with Crippen LogP contribution in [0.2, 0.25) is 0 Å². The number of nitrogens with zero attached hydrogens (tertiary/aromatic N) is 10. The first-order valence-electron chi connectivity index (χ1n) is 39.1. The molecule has 0 bridgehead atoms. The van der Waals surface area contributed by atoms with Gasteiger partial charge in [-0.15, -0.1) is 0 Å². The summed E-state index contributed by atoms with van der Waals surface area (Å²) in [5.74, 6) is 3.80. The highest BCUT2D eigenvalue weighted by Crippen LogP contribution is 2.43. The zero-order valence-corrected chi connectivity index (χ0v) is 63.4. The summed E-state index contributed by atoms with van der Waals surface area (Å²) in [5.41, 5.74) is 28.0. The van der Waals surface area contributed by atoms with Crippen molar-refractivity contribution in [3.63, 3.8) is 0 Å². The Bertz CT molecular complexity index is 7440. The molecular weight excluding hydrogens is 1450 g/mol. The molecule has 0 aliphatic carbocycles. The maximum Gasteiger partial charge on any atom is 0.180 e. The molecule has 16 aromatic carbocycles. The fourth-order valence-electron chi connectivity index (χ4n) is 15.7. The summed E-state index contributed by atoms with van der Waals surface area (Å²) in [6, 6.07) is 132. The molecule has 0 N–H and O–H groups in total. The molecule has 0 saturated carbocycles. The van der Waals surface area contributed by atoms with E-state index in [-0.39, 0.29) is 0 Å². The smallest absolute Gasteiger partial charge is 0.180 e. The van der Waals surface area contributed by atoms with E-state index in [1.54, 1.807) is 12.7 Å². The topological polar surface area (TPSA) is 155 Å². The lowest BCUT2D eigenvalue weighted by Crippen LogP contribution is -2.00. The van der Waals surface area contributed by atoms with Crippen LogP contribution in [0.25, 0.3) is 223 Å². The number of benzene rings is 16.